The zero-order chi connectivity index (χ0) is 21.7. The maximum atomic E-state index is 12.9. The van der Waals surface area contributed by atoms with Crippen LogP contribution in [-0.2, 0) is 20.8 Å². The molecule has 1 aliphatic heterocycles. The van der Waals surface area contributed by atoms with Crippen LogP contribution in [0, 0.1) is 0 Å². The fourth-order valence-corrected chi connectivity index (χ4v) is 4.03. The van der Waals surface area contributed by atoms with Crippen LogP contribution in [0.2, 0.25) is 0 Å². The van der Waals surface area contributed by atoms with E-state index in [1.165, 1.54) is 17.0 Å². The van der Waals surface area contributed by atoms with Gasteiger partial charge in [0.05, 0.1) is 17.8 Å². The lowest BCUT2D eigenvalue weighted by atomic mass is 10.0. The van der Waals surface area contributed by atoms with E-state index < -0.39 is 29.1 Å². The highest BCUT2D eigenvalue weighted by molar-refractivity contribution is 7.81. The number of likely N-dealkylation sites (tertiary alicyclic amines) is 1. The van der Waals surface area contributed by atoms with Gasteiger partial charge in [0.15, 0.2) is 0 Å². The van der Waals surface area contributed by atoms with Crippen LogP contribution in [0.3, 0.4) is 0 Å². The van der Waals surface area contributed by atoms with Crippen molar-refractivity contribution in [3.63, 3.8) is 0 Å². The molecule has 158 valence electrons. The van der Waals surface area contributed by atoms with Gasteiger partial charge in [0.1, 0.15) is 11.8 Å². The van der Waals surface area contributed by atoms with E-state index in [1.54, 1.807) is 12.1 Å². The molecule has 2 aromatic carbocycles. The number of phenolic OH excluding ortho intramolecular Hbond substituents is 1. The number of nitrogens with zero attached hydrogens (tertiary/aromatic N) is 1. The third-order valence-electron chi connectivity index (χ3n) is 5.22. The van der Waals surface area contributed by atoms with Crippen molar-refractivity contribution in [2.24, 2.45) is 0 Å². The van der Waals surface area contributed by atoms with E-state index in [0.29, 0.717) is 19.3 Å². The molecule has 0 bridgehead atoms. The Morgan fingerprint density at radius 3 is 2.37 bits per heavy atom. The Morgan fingerprint density at radius 2 is 1.73 bits per heavy atom. The molecule has 1 fully saturated rings. The minimum atomic E-state index is -1.05. The molecule has 0 aromatic heterocycles. The largest absolute Gasteiger partial charge is 0.508 e. The van der Waals surface area contributed by atoms with E-state index in [4.69, 9.17) is 0 Å². The smallest absolute Gasteiger partial charge is 0.326 e. The summed E-state index contributed by atoms with van der Waals surface area (Å²) < 4.78 is 0. The Labute approximate surface area is 180 Å². The van der Waals surface area contributed by atoms with Crippen molar-refractivity contribution < 1.29 is 24.6 Å². The summed E-state index contributed by atoms with van der Waals surface area (Å²) in [5.74, 6) is -1.77. The molecule has 0 aliphatic carbocycles. The predicted molar refractivity (Wildman–Crippen MR) is 114 cm³/mol. The number of hydrogen-bond donors (Lipinski definition) is 4. The van der Waals surface area contributed by atoms with Crippen LogP contribution in [-0.4, -0.2) is 50.7 Å². The van der Waals surface area contributed by atoms with Gasteiger partial charge in [-0.15, -0.1) is 0 Å². The monoisotopic (exact) mass is 428 g/mol. The number of hydrogen-bond acceptors (Lipinski definition) is 5. The summed E-state index contributed by atoms with van der Waals surface area (Å²) in [7, 11) is 0. The Bertz CT molecular complexity index is 904. The normalized spacial score (nSPS) is 19.3. The zero-order valence-electron chi connectivity index (χ0n) is 16.3. The van der Waals surface area contributed by atoms with Crippen molar-refractivity contribution in [3.05, 3.63) is 65.7 Å². The minimum absolute atomic E-state index is 0.135. The molecule has 1 aliphatic rings. The summed E-state index contributed by atoms with van der Waals surface area (Å²) in [5, 5.41) is 20.8. The molecule has 0 saturated carbocycles. The number of amides is 2. The number of carboxylic acids is 1. The maximum absolute atomic E-state index is 12.9. The Hall–Kier alpha value is -3.00. The molecule has 0 radical (unpaired) electrons. The number of benzene rings is 2. The van der Waals surface area contributed by atoms with Gasteiger partial charge in [-0.1, -0.05) is 42.5 Å². The lowest BCUT2D eigenvalue weighted by Gasteiger charge is -2.29. The van der Waals surface area contributed by atoms with E-state index >= 15 is 0 Å². The van der Waals surface area contributed by atoms with E-state index in [2.05, 4.69) is 17.9 Å². The minimum Gasteiger partial charge on any atom is -0.508 e. The Balaban J connectivity index is 1.62. The lowest BCUT2D eigenvalue weighted by Crippen LogP contribution is -2.47. The lowest BCUT2D eigenvalue weighted by molar-refractivity contribution is -0.149. The number of carboxylic acid groups (broad SMARTS) is 1. The third-order valence-corrected chi connectivity index (χ3v) is 5.64. The molecule has 1 heterocycles. The molecule has 7 nitrogen and oxygen atoms in total. The van der Waals surface area contributed by atoms with Gasteiger partial charge in [-0.25, -0.2) is 4.79 Å². The van der Waals surface area contributed by atoms with E-state index in [0.717, 1.165) is 11.1 Å². The Morgan fingerprint density at radius 1 is 1.07 bits per heavy atom. The van der Waals surface area contributed by atoms with E-state index in [9.17, 15) is 24.6 Å². The van der Waals surface area contributed by atoms with Crippen LogP contribution in [0.15, 0.2) is 54.6 Å². The SMILES string of the molecule is O=C(NCC(=O)N1[C@@H](c2ccccc2)CC[C@H]1C(=O)O)[C@@H](S)Cc1ccc(O)cc1. The first-order valence-electron chi connectivity index (χ1n) is 9.69. The van der Waals surface area contributed by atoms with E-state index in [1.807, 2.05) is 30.3 Å². The average Bonchev–Trinajstić information content (AvgIpc) is 3.19. The Kier molecular flexibility index (Phi) is 6.99. The van der Waals surface area contributed by atoms with Crippen molar-refractivity contribution >= 4 is 30.4 Å². The first kappa shape index (κ1) is 21.7. The highest BCUT2D eigenvalue weighted by Gasteiger charge is 2.41. The molecule has 8 heteroatoms. The van der Waals surface area contributed by atoms with Crippen LogP contribution < -0.4 is 5.32 Å². The molecule has 3 N–H and O–H groups in total. The second-order valence-corrected chi connectivity index (χ2v) is 7.89. The number of rotatable bonds is 7. The van der Waals surface area contributed by atoms with Crippen LogP contribution in [0.5, 0.6) is 5.75 Å². The highest BCUT2D eigenvalue weighted by atomic mass is 32.1. The molecule has 2 aromatic rings. The molecule has 1 saturated heterocycles. The predicted octanol–water partition coefficient (Wildman–Crippen LogP) is 2.17. The van der Waals surface area contributed by atoms with Gasteiger partial charge < -0.3 is 20.4 Å². The number of nitrogens with one attached hydrogen (secondary N) is 1. The van der Waals surface area contributed by atoms with Gasteiger partial charge in [0.25, 0.3) is 0 Å². The zero-order valence-corrected chi connectivity index (χ0v) is 17.2. The topological polar surface area (TPSA) is 107 Å². The number of thiol groups is 1. The van der Waals surface area contributed by atoms with Crippen LogP contribution in [0.1, 0.15) is 30.0 Å². The number of carbonyl (C=O) groups excluding carboxylic acids is 2. The number of aliphatic carboxylic acids is 1. The van der Waals surface area contributed by atoms with Gasteiger partial charge in [-0.05, 0) is 42.5 Å². The standard InChI is InChI=1S/C22H24N2O5S/c25-16-8-6-14(7-9-16)12-19(30)21(27)23-13-20(26)24-17(10-11-18(24)22(28)29)15-4-2-1-3-5-15/h1-9,17-19,25,30H,10-13H2,(H,23,27)(H,28,29)/t17-,18+,19+/m1/s1. The second-order valence-electron chi connectivity index (χ2n) is 7.26. The van der Waals surface area contributed by atoms with Gasteiger partial charge in [-0.3, -0.25) is 9.59 Å². The molecule has 30 heavy (non-hydrogen) atoms. The molecule has 0 unspecified atom stereocenters. The molecule has 3 rings (SSSR count). The molecular weight excluding hydrogens is 404 g/mol. The van der Waals surface area contributed by atoms with Gasteiger partial charge in [-0.2, -0.15) is 12.6 Å². The summed E-state index contributed by atoms with van der Waals surface area (Å²) in [6.45, 7) is -0.293. The number of aromatic hydroxyl groups is 1. The fraction of sp³-hybridized carbons (Fsp3) is 0.318. The quantitative estimate of drug-likeness (QED) is 0.506. The van der Waals surface area contributed by atoms with Crippen molar-refractivity contribution in [3.8, 4) is 5.75 Å². The van der Waals surface area contributed by atoms with Crippen LogP contribution >= 0.6 is 12.6 Å². The maximum Gasteiger partial charge on any atom is 0.326 e. The number of phenols is 1. The van der Waals surface area contributed by atoms with Crippen LogP contribution in [0.25, 0.3) is 0 Å². The van der Waals surface area contributed by atoms with Crippen molar-refractivity contribution in [2.45, 2.75) is 36.6 Å². The summed E-state index contributed by atoms with van der Waals surface area (Å²) in [4.78, 5) is 38.3. The summed E-state index contributed by atoms with van der Waals surface area (Å²) in [6, 6.07) is 14.5. The highest BCUT2D eigenvalue weighted by Crippen LogP contribution is 2.36. The van der Waals surface area contributed by atoms with Crippen molar-refractivity contribution in [2.75, 3.05) is 6.54 Å². The van der Waals surface area contributed by atoms with Gasteiger partial charge in [0.2, 0.25) is 11.8 Å². The van der Waals surface area contributed by atoms with Gasteiger partial charge in [0, 0.05) is 0 Å². The summed E-state index contributed by atoms with van der Waals surface area (Å²) in [6.07, 6.45) is 1.25. The van der Waals surface area contributed by atoms with Gasteiger partial charge >= 0.3 is 5.97 Å². The first-order chi connectivity index (χ1) is 14.4. The first-order valence-corrected chi connectivity index (χ1v) is 10.2. The van der Waals surface area contributed by atoms with Crippen LogP contribution in [0.4, 0.5) is 0 Å². The molecular formula is C22H24N2O5S. The fourth-order valence-electron chi connectivity index (χ4n) is 3.72. The third kappa shape index (κ3) is 5.13. The molecule has 3 atom stereocenters. The molecule has 2 amide bonds. The average molecular weight is 429 g/mol. The molecule has 0 spiro atoms. The second kappa shape index (κ2) is 9.67. The van der Waals surface area contributed by atoms with Crippen molar-refractivity contribution in [1.29, 1.82) is 0 Å². The van der Waals surface area contributed by atoms with Crippen molar-refractivity contribution in [1.82, 2.24) is 10.2 Å². The summed E-state index contributed by atoms with van der Waals surface area (Å²) in [5.41, 5.74) is 1.70. The number of carbonyl (C=O) groups is 3. The van der Waals surface area contributed by atoms with E-state index in [-0.39, 0.29) is 18.3 Å². The summed E-state index contributed by atoms with van der Waals surface area (Å²) >= 11 is 4.31.